The molecule has 1 unspecified atom stereocenters. The predicted molar refractivity (Wildman–Crippen MR) is 77.0 cm³/mol. The van der Waals surface area contributed by atoms with Crippen LogP contribution in [0.4, 0.5) is 0 Å². The van der Waals surface area contributed by atoms with Crippen LogP contribution in [0.15, 0.2) is 17.2 Å². The summed E-state index contributed by atoms with van der Waals surface area (Å²) in [5.74, 6) is 0. The Bertz CT molecular complexity index is 522. The van der Waals surface area contributed by atoms with Crippen molar-refractivity contribution in [1.29, 1.82) is 0 Å². The van der Waals surface area contributed by atoms with Crippen molar-refractivity contribution < 1.29 is 18.3 Å². The molecule has 0 amide bonds. The number of aliphatic hydroxyl groups excluding tert-OH is 1. The van der Waals surface area contributed by atoms with Gasteiger partial charge in [0.25, 0.3) is 0 Å². The summed E-state index contributed by atoms with van der Waals surface area (Å²) in [5.41, 5.74) is 0.583. The second kappa shape index (κ2) is 7.21. The summed E-state index contributed by atoms with van der Waals surface area (Å²) in [7, 11) is -2.06. The van der Waals surface area contributed by atoms with Crippen LogP contribution in [-0.4, -0.2) is 37.8 Å². The minimum Gasteiger partial charge on any atom is -0.390 e. The standard InChI is InChI=1S/C13H24N2O4S/c1-5-11(9-19-4)14-20(17,18)13-6-12(8-16)15(7-13)10(2)3/h6-7,10-11,14,16H,5,8-9H2,1-4H3. The molecule has 20 heavy (non-hydrogen) atoms. The normalized spacial score (nSPS) is 13.9. The van der Waals surface area contributed by atoms with Gasteiger partial charge in [0.05, 0.1) is 18.1 Å². The number of sulfonamides is 1. The van der Waals surface area contributed by atoms with Crippen LogP contribution >= 0.6 is 0 Å². The molecule has 1 aromatic heterocycles. The minimum atomic E-state index is -3.60. The molecule has 116 valence electrons. The molecule has 0 radical (unpaired) electrons. The van der Waals surface area contributed by atoms with E-state index in [0.717, 1.165) is 0 Å². The first kappa shape index (κ1) is 17.2. The molecule has 1 rings (SSSR count). The van der Waals surface area contributed by atoms with Gasteiger partial charge in [-0.25, -0.2) is 13.1 Å². The lowest BCUT2D eigenvalue weighted by Gasteiger charge is -2.15. The Morgan fingerprint density at radius 3 is 2.50 bits per heavy atom. The Labute approximate surface area is 120 Å². The summed E-state index contributed by atoms with van der Waals surface area (Å²) in [6.07, 6.45) is 2.20. The summed E-state index contributed by atoms with van der Waals surface area (Å²) < 4.78 is 34.0. The molecule has 1 atom stereocenters. The zero-order chi connectivity index (χ0) is 15.3. The van der Waals surface area contributed by atoms with Gasteiger partial charge in [0.2, 0.25) is 10.0 Å². The average molecular weight is 304 g/mol. The third-order valence-electron chi connectivity index (χ3n) is 3.12. The number of nitrogens with one attached hydrogen (secondary N) is 1. The maximum absolute atomic E-state index is 12.3. The van der Waals surface area contributed by atoms with Crippen molar-refractivity contribution in [2.45, 2.75) is 50.8 Å². The van der Waals surface area contributed by atoms with Crippen molar-refractivity contribution in [2.24, 2.45) is 0 Å². The van der Waals surface area contributed by atoms with Gasteiger partial charge in [-0.15, -0.1) is 0 Å². The molecule has 0 bridgehead atoms. The first-order chi connectivity index (χ1) is 9.35. The fourth-order valence-electron chi connectivity index (χ4n) is 1.97. The van der Waals surface area contributed by atoms with Gasteiger partial charge in [-0.05, 0) is 26.3 Å². The number of ether oxygens (including phenoxy) is 1. The van der Waals surface area contributed by atoms with Crippen LogP contribution in [-0.2, 0) is 21.4 Å². The molecule has 0 aliphatic carbocycles. The van der Waals surface area contributed by atoms with Gasteiger partial charge >= 0.3 is 0 Å². The van der Waals surface area contributed by atoms with Crippen LogP contribution in [0.2, 0.25) is 0 Å². The monoisotopic (exact) mass is 304 g/mol. The molecule has 1 aromatic rings. The van der Waals surface area contributed by atoms with Gasteiger partial charge in [0.1, 0.15) is 0 Å². The molecule has 0 fully saturated rings. The van der Waals surface area contributed by atoms with E-state index in [1.54, 1.807) is 10.8 Å². The first-order valence-corrected chi connectivity index (χ1v) is 8.16. The summed E-state index contributed by atoms with van der Waals surface area (Å²) in [6.45, 7) is 5.90. The Hall–Kier alpha value is -0.890. The highest BCUT2D eigenvalue weighted by molar-refractivity contribution is 7.89. The summed E-state index contributed by atoms with van der Waals surface area (Å²) in [4.78, 5) is 0.171. The van der Waals surface area contributed by atoms with Crippen molar-refractivity contribution in [2.75, 3.05) is 13.7 Å². The number of hydrogen-bond acceptors (Lipinski definition) is 4. The highest BCUT2D eigenvalue weighted by Gasteiger charge is 2.22. The van der Waals surface area contributed by atoms with Crippen LogP contribution in [0, 0.1) is 0 Å². The van der Waals surface area contributed by atoms with Gasteiger partial charge in [0.15, 0.2) is 0 Å². The fraction of sp³-hybridized carbons (Fsp3) is 0.692. The zero-order valence-electron chi connectivity index (χ0n) is 12.5. The molecule has 0 spiro atoms. The predicted octanol–water partition coefficient (Wildman–Crippen LogP) is 1.26. The van der Waals surface area contributed by atoms with E-state index in [2.05, 4.69) is 4.72 Å². The topological polar surface area (TPSA) is 80.6 Å². The van der Waals surface area contributed by atoms with E-state index in [9.17, 15) is 13.5 Å². The second-order valence-corrected chi connectivity index (χ2v) is 6.72. The zero-order valence-corrected chi connectivity index (χ0v) is 13.3. The van der Waals surface area contributed by atoms with Crippen molar-refractivity contribution in [3.63, 3.8) is 0 Å². The molecule has 0 aliphatic rings. The van der Waals surface area contributed by atoms with E-state index in [1.807, 2.05) is 20.8 Å². The van der Waals surface area contributed by atoms with Crippen LogP contribution in [0.25, 0.3) is 0 Å². The van der Waals surface area contributed by atoms with Crippen molar-refractivity contribution >= 4 is 10.0 Å². The molecule has 0 aromatic carbocycles. The smallest absolute Gasteiger partial charge is 0.242 e. The summed E-state index contributed by atoms with van der Waals surface area (Å²) in [6, 6.07) is 1.33. The van der Waals surface area contributed by atoms with Gasteiger partial charge in [0, 0.05) is 31.1 Å². The van der Waals surface area contributed by atoms with Crippen LogP contribution in [0.1, 0.15) is 38.9 Å². The minimum absolute atomic E-state index is 0.0852. The summed E-state index contributed by atoms with van der Waals surface area (Å²) >= 11 is 0. The lowest BCUT2D eigenvalue weighted by Crippen LogP contribution is -2.37. The fourth-order valence-corrected chi connectivity index (χ4v) is 3.33. The van der Waals surface area contributed by atoms with E-state index in [1.165, 1.54) is 13.2 Å². The largest absolute Gasteiger partial charge is 0.390 e. The SMILES string of the molecule is CCC(COC)NS(=O)(=O)c1cc(CO)n(C(C)C)c1. The number of nitrogens with zero attached hydrogens (tertiary/aromatic N) is 1. The third-order valence-corrected chi connectivity index (χ3v) is 4.61. The van der Waals surface area contributed by atoms with Gasteiger partial charge in [-0.3, -0.25) is 0 Å². The Balaban J connectivity index is 3.03. The van der Waals surface area contributed by atoms with E-state index in [-0.39, 0.29) is 23.6 Å². The van der Waals surface area contributed by atoms with E-state index in [4.69, 9.17) is 4.74 Å². The van der Waals surface area contributed by atoms with Crippen LogP contribution in [0.5, 0.6) is 0 Å². The number of hydrogen-bond donors (Lipinski definition) is 2. The van der Waals surface area contributed by atoms with Gasteiger partial charge in [-0.2, -0.15) is 0 Å². The molecular formula is C13H24N2O4S. The maximum Gasteiger partial charge on any atom is 0.242 e. The molecular weight excluding hydrogens is 280 g/mol. The Kier molecular flexibility index (Phi) is 6.19. The maximum atomic E-state index is 12.3. The van der Waals surface area contributed by atoms with Gasteiger partial charge < -0.3 is 14.4 Å². The van der Waals surface area contributed by atoms with E-state index < -0.39 is 10.0 Å². The lowest BCUT2D eigenvalue weighted by atomic mass is 10.3. The second-order valence-electron chi connectivity index (χ2n) is 5.01. The van der Waals surface area contributed by atoms with Gasteiger partial charge in [-0.1, -0.05) is 6.92 Å². The van der Waals surface area contributed by atoms with Crippen molar-refractivity contribution in [1.82, 2.24) is 9.29 Å². The average Bonchev–Trinajstić information content (AvgIpc) is 2.83. The highest BCUT2D eigenvalue weighted by atomic mass is 32.2. The molecule has 1 heterocycles. The number of aliphatic hydroxyl groups is 1. The Morgan fingerprint density at radius 1 is 1.45 bits per heavy atom. The molecule has 0 saturated heterocycles. The quantitative estimate of drug-likeness (QED) is 0.758. The third kappa shape index (κ3) is 4.05. The molecule has 0 aliphatic heterocycles. The molecule has 0 saturated carbocycles. The number of rotatable bonds is 8. The van der Waals surface area contributed by atoms with E-state index in [0.29, 0.717) is 18.7 Å². The lowest BCUT2D eigenvalue weighted by molar-refractivity contribution is 0.173. The van der Waals surface area contributed by atoms with Crippen LogP contribution in [0.3, 0.4) is 0 Å². The Morgan fingerprint density at radius 2 is 2.10 bits per heavy atom. The van der Waals surface area contributed by atoms with Crippen molar-refractivity contribution in [3.8, 4) is 0 Å². The van der Waals surface area contributed by atoms with Crippen molar-refractivity contribution in [3.05, 3.63) is 18.0 Å². The number of aromatic nitrogens is 1. The van der Waals surface area contributed by atoms with E-state index >= 15 is 0 Å². The summed E-state index contributed by atoms with van der Waals surface area (Å²) in [5, 5.41) is 9.30. The van der Waals surface area contributed by atoms with Crippen LogP contribution < -0.4 is 4.72 Å². The molecule has 6 nitrogen and oxygen atoms in total. The number of methoxy groups -OCH3 is 1. The molecule has 7 heteroatoms. The molecule has 2 N–H and O–H groups in total. The highest BCUT2D eigenvalue weighted by Crippen LogP contribution is 2.19. The first-order valence-electron chi connectivity index (χ1n) is 6.68.